The number of nitrogens with one attached hydrogen (secondary N) is 1. The normalized spacial score (nSPS) is 11.0. The van der Waals surface area contributed by atoms with Gasteiger partial charge >= 0.3 is 0 Å². The Morgan fingerprint density at radius 3 is 2.38 bits per heavy atom. The first-order valence-corrected chi connectivity index (χ1v) is 9.66. The second-order valence-corrected chi connectivity index (χ2v) is 7.40. The van der Waals surface area contributed by atoms with E-state index in [-0.39, 0.29) is 4.90 Å². The van der Waals surface area contributed by atoms with Crippen molar-refractivity contribution in [2.75, 3.05) is 4.72 Å². The quantitative estimate of drug-likeness (QED) is 0.719. The molecule has 5 heteroatoms. The van der Waals surface area contributed by atoms with Crippen molar-refractivity contribution in [3.63, 3.8) is 0 Å². The Hall–Kier alpha value is -2.32. The van der Waals surface area contributed by atoms with Gasteiger partial charge in [-0.2, -0.15) is 5.26 Å². The topological polar surface area (TPSA) is 70.0 Å². The number of rotatable bonds is 8. The Labute approximate surface area is 144 Å². The van der Waals surface area contributed by atoms with Crippen LogP contribution in [0.15, 0.2) is 53.4 Å². The van der Waals surface area contributed by atoms with Crippen LogP contribution in [0, 0.1) is 11.3 Å². The molecule has 0 bridgehead atoms. The maximum absolute atomic E-state index is 12.5. The molecule has 0 aliphatic rings. The third kappa shape index (κ3) is 4.84. The molecule has 0 aromatic heterocycles. The van der Waals surface area contributed by atoms with Crippen molar-refractivity contribution in [2.24, 2.45) is 0 Å². The highest BCUT2D eigenvalue weighted by atomic mass is 32.2. The molecular formula is C19H22N2O2S. The average molecular weight is 342 g/mol. The van der Waals surface area contributed by atoms with Crippen LogP contribution < -0.4 is 4.72 Å². The van der Waals surface area contributed by atoms with Crippen LogP contribution in [0.1, 0.15) is 43.7 Å². The molecule has 0 saturated heterocycles. The molecule has 0 heterocycles. The summed E-state index contributed by atoms with van der Waals surface area (Å²) in [6.07, 6.45) is 5.71. The number of nitrogens with zero attached hydrogens (tertiary/aromatic N) is 1. The SMILES string of the molecule is CCCCCCc1ccc(S(=O)(=O)Nc2ccccc2C#N)cc1. The first kappa shape index (κ1) is 18.0. The molecule has 0 saturated carbocycles. The summed E-state index contributed by atoms with van der Waals surface area (Å²) in [4.78, 5) is 0.201. The standard InChI is InChI=1S/C19H22N2O2S/c1-2-3-4-5-8-16-11-13-18(14-12-16)24(22,23)21-19-10-7-6-9-17(19)15-20/h6-7,9-14,21H,2-5,8H2,1H3. The van der Waals surface area contributed by atoms with Crippen molar-refractivity contribution in [3.05, 3.63) is 59.7 Å². The predicted octanol–water partition coefficient (Wildman–Crippen LogP) is 4.48. The zero-order valence-corrected chi connectivity index (χ0v) is 14.6. The largest absolute Gasteiger partial charge is 0.278 e. The van der Waals surface area contributed by atoms with E-state index in [4.69, 9.17) is 5.26 Å². The molecule has 0 radical (unpaired) electrons. The van der Waals surface area contributed by atoms with Gasteiger partial charge < -0.3 is 0 Å². The number of unbranched alkanes of at least 4 members (excludes halogenated alkanes) is 3. The smallest absolute Gasteiger partial charge is 0.261 e. The second-order valence-electron chi connectivity index (χ2n) is 5.72. The lowest BCUT2D eigenvalue weighted by atomic mass is 10.1. The fourth-order valence-electron chi connectivity index (χ4n) is 2.46. The van der Waals surface area contributed by atoms with Crippen LogP contribution in [0.5, 0.6) is 0 Å². The average Bonchev–Trinajstić information content (AvgIpc) is 2.59. The number of benzene rings is 2. The summed E-state index contributed by atoms with van der Waals surface area (Å²) < 4.78 is 27.4. The molecule has 2 aromatic carbocycles. The minimum atomic E-state index is -3.69. The molecule has 24 heavy (non-hydrogen) atoms. The van der Waals surface area contributed by atoms with Crippen LogP contribution in [-0.4, -0.2) is 8.42 Å². The van der Waals surface area contributed by atoms with Crippen LogP contribution in [0.3, 0.4) is 0 Å². The van der Waals surface area contributed by atoms with Crippen LogP contribution in [0.25, 0.3) is 0 Å². The van der Waals surface area contributed by atoms with Gasteiger partial charge in [0.15, 0.2) is 0 Å². The molecule has 0 aliphatic heterocycles. The fourth-order valence-corrected chi connectivity index (χ4v) is 3.54. The number of nitriles is 1. The lowest BCUT2D eigenvalue weighted by Crippen LogP contribution is -2.13. The highest BCUT2D eigenvalue weighted by Crippen LogP contribution is 2.20. The third-order valence-electron chi connectivity index (χ3n) is 3.84. The molecule has 2 rings (SSSR count). The monoisotopic (exact) mass is 342 g/mol. The van der Waals surface area contributed by atoms with E-state index in [2.05, 4.69) is 11.6 Å². The Morgan fingerprint density at radius 2 is 1.71 bits per heavy atom. The van der Waals surface area contributed by atoms with E-state index in [0.717, 1.165) is 18.4 Å². The van der Waals surface area contributed by atoms with E-state index >= 15 is 0 Å². The molecule has 2 aromatic rings. The van der Waals surface area contributed by atoms with Gasteiger partial charge in [-0.1, -0.05) is 50.5 Å². The Balaban J connectivity index is 2.08. The minimum Gasteiger partial charge on any atom is -0.278 e. The van der Waals surface area contributed by atoms with Crippen molar-refractivity contribution in [1.82, 2.24) is 0 Å². The zero-order valence-electron chi connectivity index (χ0n) is 13.8. The highest BCUT2D eigenvalue weighted by Gasteiger charge is 2.15. The van der Waals surface area contributed by atoms with Crippen molar-refractivity contribution in [3.8, 4) is 6.07 Å². The maximum Gasteiger partial charge on any atom is 0.261 e. The summed E-state index contributed by atoms with van der Waals surface area (Å²) in [5.41, 5.74) is 1.74. The van der Waals surface area contributed by atoms with Gasteiger partial charge in [0.25, 0.3) is 10.0 Å². The van der Waals surface area contributed by atoms with Crippen molar-refractivity contribution < 1.29 is 8.42 Å². The number of anilines is 1. The predicted molar refractivity (Wildman–Crippen MR) is 96.3 cm³/mol. The van der Waals surface area contributed by atoms with Crippen molar-refractivity contribution in [1.29, 1.82) is 5.26 Å². The van der Waals surface area contributed by atoms with Gasteiger partial charge in [-0.3, -0.25) is 4.72 Å². The lowest BCUT2D eigenvalue weighted by molar-refractivity contribution is 0.601. The van der Waals surface area contributed by atoms with Crippen molar-refractivity contribution >= 4 is 15.7 Å². The Morgan fingerprint density at radius 1 is 1.00 bits per heavy atom. The van der Waals surface area contributed by atoms with Crippen LogP contribution in [0.2, 0.25) is 0 Å². The summed E-state index contributed by atoms with van der Waals surface area (Å²) >= 11 is 0. The minimum absolute atomic E-state index is 0.201. The van der Waals surface area contributed by atoms with E-state index in [9.17, 15) is 8.42 Å². The van der Waals surface area contributed by atoms with E-state index < -0.39 is 10.0 Å². The molecule has 0 unspecified atom stereocenters. The number of hydrogen-bond acceptors (Lipinski definition) is 3. The molecule has 126 valence electrons. The van der Waals surface area contributed by atoms with Gasteiger partial charge in [0.2, 0.25) is 0 Å². The van der Waals surface area contributed by atoms with E-state index in [1.54, 1.807) is 36.4 Å². The number of hydrogen-bond donors (Lipinski definition) is 1. The molecule has 1 N–H and O–H groups in total. The lowest BCUT2D eigenvalue weighted by Gasteiger charge is -2.10. The summed E-state index contributed by atoms with van der Waals surface area (Å²) in [5.74, 6) is 0. The summed E-state index contributed by atoms with van der Waals surface area (Å²) in [6.45, 7) is 2.18. The fraction of sp³-hybridized carbons (Fsp3) is 0.316. The zero-order chi connectivity index (χ0) is 17.4. The summed E-state index contributed by atoms with van der Waals surface area (Å²) in [7, 11) is -3.69. The molecule has 0 fully saturated rings. The first-order chi connectivity index (χ1) is 11.6. The van der Waals surface area contributed by atoms with Crippen molar-refractivity contribution in [2.45, 2.75) is 43.9 Å². The molecule has 4 nitrogen and oxygen atoms in total. The van der Waals surface area contributed by atoms with Crippen LogP contribution >= 0.6 is 0 Å². The van der Waals surface area contributed by atoms with Gasteiger partial charge in [-0.15, -0.1) is 0 Å². The van der Waals surface area contributed by atoms with E-state index in [0.29, 0.717) is 11.3 Å². The highest BCUT2D eigenvalue weighted by molar-refractivity contribution is 7.92. The number of para-hydroxylation sites is 1. The van der Waals surface area contributed by atoms with Crippen LogP contribution in [-0.2, 0) is 16.4 Å². The van der Waals surface area contributed by atoms with Crippen LogP contribution in [0.4, 0.5) is 5.69 Å². The maximum atomic E-state index is 12.5. The second kappa shape index (κ2) is 8.51. The van der Waals surface area contributed by atoms with E-state index in [1.165, 1.54) is 19.3 Å². The van der Waals surface area contributed by atoms with Gasteiger partial charge in [-0.05, 0) is 42.7 Å². The molecular weight excluding hydrogens is 320 g/mol. The van der Waals surface area contributed by atoms with Gasteiger partial charge in [0.05, 0.1) is 16.1 Å². The molecule has 0 aliphatic carbocycles. The third-order valence-corrected chi connectivity index (χ3v) is 5.23. The first-order valence-electron chi connectivity index (χ1n) is 8.17. The summed E-state index contributed by atoms with van der Waals surface area (Å²) in [6, 6.07) is 15.5. The van der Waals surface area contributed by atoms with Gasteiger partial charge in [-0.25, -0.2) is 8.42 Å². The Kier molecular flexibility index (Phi) is 6.39. The van der Waals surface area contributed by atoms with Gasteiger partial charge in [0, 0.05) is 0 Å². The Bertz CT molecular complexity index is 806. The van der Waals surface area contributed by atoms with E-state index in [1.807, 2.05) is 18.2 Å². The molecule has 0 amide bonds. The van der Waals surface area contributed by atoms with Gasteiger partial charge in [0.1, 0.15) is 6.07 Å². The number of aryl methyl sites for hydroxylation is 1. The summed E-state index contributed by atoms with van der Waals surface area (Å²) in [5, 5.41) is 9.06. The molecule has 0 spiro atoms. The molecule has 0 atom stereocenters. The number of sulfonamides is 1.